The van der Waals surface area contributed by atoms with Crippen LogP contribution in [-0.4, -0.2) is 30.8 Å². The van der Waals surface area contributed by atoms with Crippen LogP contribution in [0.4, 0.5) is 17.1 Å². The lowest BCUT2D eigenvalue weighted by molar-refractivity contribution is -0.153. The second-order valence-corrected chi connectivity index (χ2v) is 11.1. The van der Waals surface area contributed by atoms with Crippen LogP contribution >= 0.6 is 0 Å². The molecule has 1 aliphatic rings. The van der Waals surface area contributed by atoms with E-state index in [2.05, 4.69) is 15.2 Å². The molecule has 1 fully saturated rings. The lowest BCUT2D eigenvalue weighted by atomic mass is 10.00. The first-order valence-electron chi connectivity index (χ1n) is 12.9. The average Bonchev–Trinajstić information content (AvgIpc) is 3.58. The number of hydrogen-bond acceptors (Lipinski definition) is 6. The van der Waals surface area contributed by atoms with Crippen molar-refractivity contribution in [2.75, 3.05) is 6.61 Å². The maximum Gasteiger partial charge on any atom is 0.488 e. The minimum atomic E-state index is -5.37. The molecule has 0 saturated heterocycles. The first-order chi connectivity index (χ1) is 19.9. The van der Waals surface area contributed by atoms with Crippen molar-refractivity contribution >= 4 is 43.3 Å². The van der Waals surface area contributed by atoms with Gasteiger partial charge >= 0.3 is 16.7 Å². The predicted molar refractivity (Wildman–Crippen MR) is 147 cm³/mol. The summed E-state index contributed by atoms with van der Waals surface area (Å²) in [5.74, 6) is -0.675. The molecule has 1 aliphatic carbocycles. The molecule has 6 rings (SSSR count). The fraction of sp³-hybridized carbons (Fsp3) is 0.241. The first-order valence-corrected chi connectivity index (χ1v) is 14.2. The van der Waals surface area contributed by atoms with Crippen LogP contribution < -0.4 is 14.3 Å². The molecule has 3 aromatic carbocycles. The van der Waals surface area contributed by atoms with Crippen LogP contribution in [0.1, 0.15) is 37.3 Å². The van der Waals surface area contributed by atoms with E-state index in [1.807, 2.05) is 4.57 Å². The third-order valence-corrected chi connectivity index (χ3v) is 7.79. The number of rotatable bonds is 6. The number of nitrogens with zero attached hydrogens (tertiary/aromatic N) is 2. The summed E-state index contributed by atoms with van der Waals surface area (Å²) in [4.78, 5) is 17.3. The second-order valence-electron chi connectivity index (χ2n) is 10.1. The predicted octanol–water partition coefficient (Wildman–Crippen LogP) is 6.82. The molecule has 0 amide bonds. The summed E-state index contributed by atoms with van der Waals surface area (Å²) in [5, 5.41) is 10.4. The maximum absolute atomic E-state index is 14.0. The van der Waals surface area contributed by atoms with Crippen LogP contribution in [0.25, 0.3) is 44.0 Å². The molecule has 2 aromatic heterocycles. The van der Waals surface area contributed by atoms with E-state index in [0.29, 0.717) is 33.0 Å². The van der Waals surface area contributed by atoms with Gasteiger partial charge in [0.05, 0.1) is 27.9 Å². The number of alkyl halides is 3. The molecule has 13 heteroatoms. The zero-order valence-electron chi connectivity index (χ0n) is 21.7. The number of fused-ring (bicyclic) bond motifs is 4. The summed E-state index contributed by atoms with van der Waals surface area (Å²) in [5.41, 5.74) is 1.74. The Labute approximate surface area is 236 Å². The summed E-state index contributed by atoms with van der Waals surface area (Å²) in [6, 6.07) is 14.9. The molecule has 5 aromatic rings. The molecular weight excluding hydrogens is 578 g/mol. The molecule has 0 atom stereocenters. The molecule has 1 saturated carbocycles. The highest BCUT2D eigenvalue weighted by Gasteiger charge is 2.30. The molecule has 0 unspecified atom stereocenters. The van der Waals surface area contributed by atoms with E-state index in [1.165, 1.54) is 30.3 Å². The van der Waals surface area contributed by atoms with Crippen LogP contribution in [0.3, 0.4) is 0 Å². The number of nitrogens with one attached hydrogen (secondary N) is 1. The van der Waals surface area contributed by atoms with Gasteiger partial charge in [-0.2, -0.15) is 26.9 Å². The maximum atomic E-state index is 14.0. The van der Waals surface area contributed by atoms with Crippen molar-refractivity contribution in [1.29, 1.82) is 5.26 Å². The molecule has 1 N–H and O–H groups in total. The smallest absolute Gasteiger partial charge is 0.483 e. The van der Waals surface area contributed by atoms with Gasteiger partial charge in [0.15, 0.2) is 12.0 Å². The number of aromatic amines is 1. The van der Waals surface area contributed by atoms with Gasteiger partial charge in [-0.1, -0.05) is 34.9 Å². The van der Waals surface area contributed by atoms with Gasteiger partial charge in [0.25, 0.3) is 0 Å². The fourth-order valence-corrected chi connectivity index (χ4v) is 6.08. The molecule has 42 heavy (non-hydrogen) atoms. The molecule has 8 nitrogen and oxygen atoms in total. The van der Waals surface area contributed by atoms with Gasteiger partial charge < -0.3 is 18.5 Å². The van der Waals surface area contributed by atoms with Crippen LogP contribution in [0, 0.1) is 11.3 Å². The molecule has 2 heterocycles. The molecule has 0 aliphatic heterocycles. The van der Waals surface area contributed by atoms with E-state index in [-0.39, 0.29) is 28.3 Å². The highest BCUT2D eigenvalue weighted by Crippen LogP contribution is 2.41. The summed E-state index contributed by atoms with van der Waals surface area (Å²) in [7, 11) is -5.37. The Morgan fingerprint density at radius 3 is 2.50 bits per heavy atom. The van der Waals surface area contributed by atoms with Crippen molar-refractivity contribution in [3.05, 3.63) is 70.4 Å². The number of aromatic nitrogens is 2. The zero-order valence-corrected chi connectivity index (χ0v) is 22.5. The Morgan fingerprint density at radius 2 is 1.81 bits per heavy atom. The van der Waals surface area contributed by atoms with E-state index in [0.717, 1.165) is 31.7 Å². The number of hydrogen-bond donors (Lipinski definition) is 1. The SMILES string of the molecule is N#Cc1ccc2c(c1)[nH]c1c2c(=O)c2cc(OCC(F)(F)F)c(-c3cccc(OS(=O)(=O)F)c3)cc2n1C1CCCC1. The highest BCUT2D eigenvalue weighted by molar-refractivity contribution is 7.81. The summed E-state index contributed by atoms with van der Waals surface area (Å²) in [6.45, 7) is -1.65. The number of pyridine rings is 1. The molecular formula is C29H21F4N3O5S. The number of nitriles is 1. The second kappa shape index (κ2) is 10.1. The Bertz CT molecular complexity index is 2090. The normalized spacial score (nSPS) is 14.5. The minimum Gasteiger partial charge on any atom is -0.483 e. The van der Waals surface area contributed by atoms with Gasteiger partial charge in [-0.15, -0.1) is 0 Å². The van der Waals surface area contributed by atoms with Crippen molar-refractivity contribution in [3.63, 3.8) is 0 Å². The van der Waals surface area contributed by atoms with Crippen molar-refractivity contribution in [1.82, 2.24) is 9.55 Å². The molecule has 0 radical (unpaired) electrons. The Balaban J connectivity index is 1.69. The van der Waals surface area contributed by atoms with Crippen molar-refractivity contribution in [3.8, 4) is 28.7 Å². The van der Waals surface area contributed by atoms with Crippen molar-refractivity contribution in [2.24, 2.45) is 0 Å². The minimum absolute atomic E-state index is 0.0414. The standard InChI is InChI=1S/C29H21F4N3O5S/c30-29(31,32)15-40-25-13-22-24(12-21(25)17-4-3-7-19(11-17)41-42(33,38)39)36(18-5-1-2-6-18)28-26(27(22)37)20-9-8-16(14-34)10-23(20)35-28/h3-4,7-13,18,35H,1-2,5-6,15H2. The third kappa shape index (κ3) is 5.14. The van der Waals surface area contributed by atoms with Crippen molar-refractivity contribution < 1.29 is 34.4 Å². The van der Waals surface area contributed by atoms with Crippen LogP contribution in [0.5, 0.6) is 11.5 Å². The van der Waals surface area contributed by atoms with Crippen molar-refractivity contribution in [2.45, 2.75) is 37.9 Å². The lowest BCUT2D eigenvalue weighted by Gasteiger charge is -2.22. The Kier molecular flexibility index (Phi) is 6.61. The lowest BCUT2D eigenvalue weighted by Crippen LogP contribution is -2.20. The van der Waals surface area contributed by atoms with Crippen LogP contribution in [0.2, 0.25) is 0 Å². The Hall–Kier alpha value is -4.57. The van der Waals surface area contributed by atoms with E-state index < -0.39 is 34.5 Å². The van der Waals surface area contributed by atoms with Gasteiger partial charge in [0.1, 0.15) is 17.1 Å². The summed E-state index contributed by atoms with van der Waals surface area (Å²) >= 11 is 0. The monoisotopic (exact) mass is 599 g/mol. The number of benzene rings is 3. The first kappa shape index (κ1) is 27.6. The fourth-order valence-electron chi connectivity index (χ4n) is 5.74. The van der Waals surface area contributed by atoms with E-state index in [9.17, 15) is 35.5 Å². The van der Waals surface area contributed by atoms with Crippen LogP contribution in [0.15, 0.2) is 59.4 Å². The van der Waals surface area contributed by atoms with Gasteiger partial charge in [0, 0.05) is 22.5 Å². The van der Waals surface area contributed by atoms with Gasteiger partial charge in [-0.05, 0) is 54.8 Å². The molecule has 216 valence electrons. The average molecular weight is 600 g/mol. The summed E-state index contributed by atoms with van der Waals surface area (Å²) in [6.07, 6.45) is -1.22. The quantitative estimate of drug-likeness (QED) is 0.169. The van der Waals surface area contributed by atoms with Gasteiger partial charge in [-0.3, -0.25) is 4.79 Å². The van der Waals surface area contributed by atoms with Gasteiger partial charge in [0.2, 0.25) is 0 Å². The third-order valence-electron chi connectivity index (χ3n) is 7.40. The Morgan fingerprint density at radius 1 is 1.05 bits per heavy atom. The zero-order chi connectivity index (χ0) is 29.8. The van der Waals surface area contributed by atoms with E-state index in [4.69, 9.17) is 4.74 Å². The number of halogens is 4. The largest absolute Gasteiger partial charge is 0.488 e. The summed E-state index contributed by atoms with van der Waals surface area (Å²) < 4.78 is 86.6. The topological polar surface area (TPSA) is 114 Å². The number of H-pyrrole nitrogens is 1. The van der Waals surface area contributed by atoms with Crippen LogP contribution in [-0.2, 0) is 10.5 Å². The highest BCUT2D eigenvalue weighted by atomic mass is 32.3. The van der Waals surface area contributed by atoms with Gasteiger partial charge in [-0.25, -0.2) is 0 Å². The number of ether oxygens (including phenoxy) is 1. The van der Waals surface area contributed by atoms with E-state index >= 15 is 0 Å². The molecule has 0 bridgehead atoms. The van der Waals surface area contributed by atoms with E-state index in [1.54, 1.807) is 18.2 Å². The molecule has 0 spiro atoms.